The summed E-state index contributed by atoms with van der Waals surface area (Å²) in [6.45, 7) is 12.7. The van der Waals surface area contributed by atoms with E-state index in [-0.39, 0.29) is 28.9 Å². The summed E-state index contributed by atoms with van der Waals surface area (Å²) >= 11 is 0. The van der Waals surface area contributed by atoms with Crippen LogP contribution in [-0.2, 0) is 19.0 Å². The van der Waals surface area contributed by atoms with Crippen LogP contribution in [0, 0.1) is 10.8 Å². The fourth-order valence-corrected chi connectivity index (χ4v) is 1.44. The predicted octanol–water partition coefficient (Wildman–Crippen LogP) is 0.333. The molecule has 2 aliphatic rings. The molecular formula is C14H26O6. The van der Waals surface area contributed by atoms with Gasteiger partial charge in [-0.25, -0.2) is 4.79 Å². The Hall–Kier alpha value is -0.950. The number of hydrogen-bond acceptors (Lipinski definition) is 5. The molecule has 0 bridgehead atoms. The topological polar surface area (TPSA) is 96.5 Å². The quantitative estimate of drug-likeness (QED) is 0.594. The Morgan fingerprint density at radius 2 is 1.65 bits per heavy atom. The van der Waals surface area contributed by atoms with Crippen LogP contribution in [0.2, 0.25) is 0 Å². The predicted molar refractivity (Wildman–Crippen MR) is 74.3 cm³/mol. The van der Waals surface area contributed by atoms with Crippen LogP contribution in [0.5, 0.6) is 0 Å². The highest BCUT2D eigenvalue weighted by molar-refractivity contribution is 5.86. The Bertz CT molecular complexity index is 325. The van der Waals surface area contributed by atoms with Crippen molar-refractivity contribution in [3.05, 3.63) is 12.2 Å². The Morgan fingerprint density at radius 3 is 1.85 bits per heavy atom. The van der Waals surface area contributed by atoms with E-state index in [2.05, 4.69) is 6.58 Å². The number of rotatable bonds is 4. The minimum atomic E-state index is -0.317. The average molecular weight is 290 g/mol. The van der Waals surface area contributed by atoms with Crippen LogP contribution in [0.25, 0.3) is 0 Å². The molecule has 2 fully saturated rings. The first-order valence-electron chi connectivity index (χ1n) is 6.39. The van der Waals surface area contributed by atoms with Crippen LogP contribution in [0.1, 0.15) is 20.8 Å². The maximum Gasteiger partial charge on any atom is 0.333 e. The first-order chi connectivity index (χ1) is 8.80. The number of aliphatic hydroxyl groups is 1. The van der Waals surface area contributed by atoms with Crippen molar-refractivity contribution in [2.75, 3.05) is 39.6 Å². The molecule has 0 spiro atoms. The molecule has 3 N–H and O–H groups in total. The van der Waals surface area contributed by atoms with Gasteiger partial charge in [-0.05, 0) is 6.92 Å². The maximum absolute atomic E-state index is 11.0. The summed E-state index contributed by atoms with van der Waals surface area (Å²) in [5, 5.41) is 8.57. The van der Waals surface area contributed by atoms with E-state index in [4.69, 9.17) is 19.3 Å². The standard InChI is InChI=1S/C9H14O3.C5H10O2.H2O/c1-7(2)8(10)12-6-9(3)4-11-5-9;1-5(2-6)3-7-4-5;/h1,4-6H2,2-3H3;6H,2-4H2,1H3;1H2. The molecule has 0 unspecified atom stereocenters. The molecule has 0 aliphatic carbocycles. The molecule has 2 aliphatic heterocycles. The van der Waals surface area contributed by atoms with Crippen LogP contribution in [0.4, 0.5) is 0 Å². The van der Waals surface area contributed by atoms with Gasteiger partial charge in [0.2, 0.25) is 0 Å². The minimum absolute atomic E-state index is 0. The average Bonchev–Trinajstić information content (AvgIpc) is 2.31. The molecule has 6 heteroatoms. The van der Waals surface area contributed by atoms with Crippen molar-refractivity contribution in [1.29, 1.82) is 0 Å². The summed E-state index contributed by atoms with van der Waals surface area (Å²) in [6.07, 6.45) is 0. The van der Waals surface area contributed by atoms with Gasteiger partial charge in [-0.1, -0.05) is 20.4 Å². The van der Waals surface area contributed by atoms with E-state index >= 15 is 0 Å². The molecule has 2 heterocycles. The Labute approximate surface area is 120 Å². The summed E-state index contributed by atoms with van der Waals surface area (Å²) in [5.41, 5.74) is 0.573. The third-order valence-corrected chi connectivity index (χ3v) is 3.08. The zero-order chi connectivity index (χ0) is 14.5. The summed E-state index contributed by atoms with van der Waals surface area (Å²) in [4.78, 5) is 11.0. The molecule has 118 valence electrons. The van der Waals surface area contributed by atoms with Crippen LogP contribution >= 0.6 is 0 Å². The second kappa shape index (κ2) is 7.73. The number of carbonyl (C=O) groups excluding carboxylic acids is 1. The fourth-order valence-electron chi connectivity index (χ4n) is 1.44. The van der Waals surface area contributed by atoms with E-state index in [1.807, 2.05) is 13.8 Å². The minimum Gasteiger partial charge on any atom is -0.462 e. The highest BCUT2D eigenvalue weighted by Crippen LogP contribution is 2.26. The number of hydrogen-bond donors (Lipinski definition) is 1. The van der Waals surface area contributed by atoms with Gasteiger partial charge < -0.3 is 24.8 Å². The van der Waals surface area contributed by atoms with Crippen LogP contribution in [0.3, 0.4) is 0 Å². The molecule has 0 radical (unpaired) electrons. The third kappa shape index (κ3) is 5.58. The van der Waals surface area contributed by atoms with E-state index in [1.165, 1.54) is 0 Å². The van der Waals surface area contributed by atoms with Crippen molar-refractivity contribution in [1.82, 2.24) is 0 Å². The molecule has 6 nitrogen and oxygen atoms in total. The molecule has 2 saturated heterocycles. The van der Waals surface area contributed by atoms with Gasteiger partial charge in [-0.3, -0.25) is 0 Å². The Kier molecular flexibility index (Phi) is 7.37. The van der Waals surface area contributed by atoms with E-state index < -0.39 is 0 Å². The van der Waals surface area contributed by atoms with Gasteiger partial charge in [0.15, 0.2) is 0 Å². The molecule has 0 amide bonds. The Morgan fingerprint density at radius 1 is 1.20 bits per heavy atom. The molecule has 0 aromatic carbocycles. The van der Waals surface area contributed by atoms with Gasteiger partial charge in [0, 0.05) is 16.4 Å². The maximum atomic E-state index is 11.0. The lowest BCUT2D eigenvalue weighted by Crippen LogP contribution is -2.44. The number of aliphatic hydroxyl groups excluding tert-OH is 1. The van der Waals surface area contributed by atoms with Crippen LogP contribution in [0.15, 0.2) is 12.2 Å². The molecule has 2 rings (SSSR count). The molecule has 0 atom stereocenters. The molecule has 0 aromatic rings. The monoisotopic (exact) mass is 290 g/mol. The van der Waals surface area contributed by atoms with Gasteiger partial charge in [0.05, 0.1) is 33.0 Å². The van der Waals surface area contributed by atoms with Gasteiger partial charge in [-0.15, -0.1) is 0 Å². The number of ether oxygens (including phenoxy) is 3. The van der Waals surface area contributed by atoms with E-state index in [1.54, 1.807) is 6.92 Å². The SMILES string of the molecule is C=C(C)C(=O)OCC1(C)COC1.CC1(CO)COC1.O. The highest BCUT2D eigenvalue weighted by atomic mass is 16.5. The highest BCUT2D eigenvalue weighted by Gasteiger charge is 2.34. The first kappa shape index (κ1) is 19.1. The lowest BCUT2D eigenvalue weighted by molar-refractivity contribution is -0.161. The summed E-state index contributed by atoms with van der Waals surface area (Å²) < 4.78 is 14.9. The van der Waals surface area contributed by atoms with Gasteiger partial charge in [0.1, 0.15) is 6.61 Å². The van der Waals surface area contributed by atoms with Crippen molar-refractivity contribution >= 4 is 5.97 Å². The largest absolute Gasteiger partial charge is 0.462 e. The number of esters is 1. The lowest BCUT2D eigenvalue weighted by Gasteiger charge is -2.37. The van der Waals surface area contributed by atoms with E-state index in [0.29, 0.717) is 25.4 Å². The van der Waals surface area contributed by atoms with Gasteiger partial charge in [0.25, 0.3) is 0 Å². The van der Waals surface area contributed by atoms with Crippen molar-refractivity contribution in [2.45, 2.75) is 20.8 Å². The first-order valence-corrected chi connectivity index (χ1v) is 6.39. The van der Waals surface area contributed by atoms with Gasteiger partial charge >= 0.3 is 5.97 Å². The summed E-state index contributed by atoms with van der Waals surface area (Å²) in [6, 6.07) is 0. The second-order valence-corrected chi connectivity index (χ2v) is 6.12. The zero-order valence-corrected chi connectivity index (χ0v) is 12.5. The van der Waals surface area contributed by atoms with Crippen molar-refractivity contribution in [2.24, 2.45) is 10.8 Å². The molecular weight excluding hydrogens is 264 g/mol. The summed E-state index contributed by atoms with van der Waals surface area (Å²) in [7, 11) is 0. The normalized spacial score (nSPS) is 21.0. The second-order valence-electron chi connectivity index (χ2n) is 6.12. The van der Waals surface area contributed by atoms with Crippen molar-refractivity contribution in [3.63, 3.8) is 0 Å². The van der Waals surface area contributed by atoms with Crippen LogP contribution in [-0.4, -0.2) is 56.2 Å². The number of carbonyl (C=O) groups is 1. The zero-order valence-electron chi connectivity index (χ0n) is 12.5. The molecule has 0 saturated carbocycles. The smallest absolute Gasteiger partial charge is 0.333 e. The lowest BCUT2D eigenvalue weighted by atomic mass is 9.90. The third-order valence-electron chi connectivity index (χ3n) is 3.08. The molecule has 0 aromatic heterocycles. The summed E-state index contributed by atoms with van der Waals surface area (Å²) in [5.74, 6) is -0.317. The van der Waals surface area contributed by atoms with Crippen molar-refractivity contribution < 1.29 is 29.6 Å². The van der Waals surface area contributed by atoms with Gasteiger partial charge in [-0.2, -0.15) is 0 Å². The molecule has 20 heavy (non-hydrogen) atoms. The fraction of sp³-hybridized carbons (Fsp3) is 0.786. The van der Waals surface area contributed by atoms with E-state index in [0.717, 1.165) is 13.2 Å². The van der Waals surface area contributed by atoms with Crippen LogP contribution < -0.4 is 0 Å². The Balaban J connectivity index is 0.000000387. The van der Waals surface area contributed by atoms with Crippen molar-refractivity contribution in [3.8, 4) is 0 Å². The van der Waals surface area contributed by atoms with E-state index in [9.17, 15) is 4.79 Å².